The number of benzene rings is 1. The number of aryl methyl sites for hydroxylation is 1. The molecule has 0 saturated carbocycles. The number of methoxy groups -OCH3 is 1. The summed E-state index contributed by atoms with van der Waals surface area (Å²) in [7, 11) is 0.663. The molecule has 1 aliphatic heterocycles. The van der Waals surface area contributed by atoms with E-state index >= 15 is 0 Å². The minimum atomic E-state index is -0.769. The Balaban J connectivity index is 2.30. The van der Waals surface area contributed by atoms with Gasteiger partial charge in [-0.3, -0.25) is 0 Å². The molecule has 1 aromatic carbocycles. The van der Waals surface area contributed by atoms with E-state index in [1.807, 2.05) is 46.8 Å². The second-order valence-corrected chi connectivity index (χ2v) is 6.81. The Bertz CT molecular complexity index is 670. The van der Waals surface area contributed by atoms with Gasteiger partial charge in [-0.15, -0.1) is 0 Å². The van der Waals surface area contributed by atoms with Crippen LogP contribution in [0.4, 0.5) is 0 Å². The normalized spacial score (nSPS) is 19.0. The smallest absolute Gasteiger partial charge is 0.462 e. The van der Waals surface area contributed by atoms with Crippen molar-refractivity contribution in [2.24, 2.45) is 4.99 Å². The number of rotatable bonds is 3. The molecular formula is C17H24BNO6. The zero-order valence-corrected chi connectivity index (χ0v) is 15.5. The van der Waals surface area contributed by atoms with Gasteiger partial charge in [-0.05, 0) is 51.7 Å². The van der Waals surface area contributed by atoms with E-state index < -0.39 is 31.0 Å². The van der Waals surface area contributed by atoms with Crippen molar-refractivity contribution >= 4 is 24.4 Å². The van der Waals surface area contributed by atoms with E-state index in [2.05, 4.69) is 9.73 Å². The highest BCUT2D eigenvalue weighted by Crippen LogP contribution is 2.36. The van der Waals surface area contributed by atoms with E-state index in [9.17, 15) is 4.79 Å². The topological polar surface area (TPSA) is 86.6 Å². The predicted molar refractivity (Wildman–Crippen MR) is 94.1 cm³/mol. The number of carbonyl (C=O) groups excluding carboxylic acids is 1. The molecular weight excluding hydrogens is 325 g/mol. The monoisotopic (exact) mass is 349 g/mol. The quantitative estimate of drug-likeness (QED) is 0.382. The molecule has 1 saturated heterocycles. The summed E-state index contributed by atoms with van der Waals surface area (Å²) < 4.78 is 22.2. The molecule has 1 N–H and O–H groups in total. The molecule has 1 aromatic rings. The third-order valence-electron chi connectivity index (χ3n) is 4.52. The van der Waals surface area contributed by atoms with Crippen molar-refractivity contribution < 1.29 is 28.7 Å². The predicted octanol–water partition coefficient (Wildman–Crippen LogP) is 1.19. The van der Waals surface area contributed by atoms with Gasteiger partial charge in [0.05, 0.1) is 18.3 Å². The van der Waals surface area contributed by atoms with Crippen molar-refractivity contribution in [3.8, 4) is 5.75 Å². The van der Waals surface area contributed by atoms with Crippen molar-refractivity contribution in [3.05, 3.63) is 23.8 Å². The minimum absolute atomic E-state index is 0.320. The van der Waals surface area contributed by atoms with Crippen molar-refractivity contribution in [3.63, 3.8) is 0 Å². The summed E-state index contributed by atoms with van der Waals surface area (Å²) in [6, 6.07) is 5.45. The van der Waals surface area contributed by atoms with Crippen LogP contribution in [0, 0.1) is 6.92 Å². The van der Waals surface area contributed by atoms with Gasteiger partial charge in [0.25, 0.3) is 0 Å². The molecule has 0 aliphatic carbocycles. The molecule has 0 spiro atoms. The van der Waals surface area contributed by atoms with Crippen LogP contribution in [0.1, 0.15) is 33.3 Å². The van der Waals surface area contributed by atoms with E-state index in [0.717, 1.165) is 11.0 Å². The fourth-order valence-corrected chi connectivity index (χ4v) is 2.25. The molecule has 1 heterocycles. The number of hydrogen-bond acceptors (Lipinski definition) is 7. The lowest BCUT2D eigenvalue weighted by molar-refractivity contribution is -0.133. The van der Waals surface area contributed by atoms with Gasteiger partial charge in [0, 0.05) is 0 Å². The molecule has 0 bridgehead atoms. The largest absolute Gasteiger partial charge is 0.494 e. The first-order chi connectivity index (χ1) is 11.6. The number of aliphatic hydroxyl groups is 1. The number of aliphatic imine (C=N–C) groups is 1. The third-order valence-corrected chi connectivity index (χ3v) is 4.52. The van der Waals surface area contributed by atoms with Crippen LogP contribution in [-0.4, -0.2) is 49.1 Å². The highest BCUT2D eigenvalue weighted by Gasteiger charge is 2.51. The molecule has 0 atom stereocenters. The van der Waals surface area contributed by atoms with Crippen molar-refractivity contribution in [1.29, 1.82) is 0 Å². The lowest BCUT2D eigenvalue weighted by atomic mass is 9.78. The van der Waals surface area contributed by atoms with Gasteiger partial charge in [0.2, 0.25) is 0 Å². The van der Waals surface area contributed by atoms with E-state index in [4.69, 9.17) is 19.2 Å². The fraction of sp³-hybridized carbons (Fsp3) is 0.529. The number of esters is 1. The number of aliphatic hydroxyl groups excluding tert-OH is 1. The summed E-state index contributed by atoms with van der Waals surface area (Å²) in [6.07, 6.45) is 0. The van der Waals surface area contributed by atoms with Crippen LogP contribution in [0.3, 0.4) is 0 Å². The molecule has 1 fully saturated rings. The van der Waals surface area contributed by atoms with Crippen molar-refractivity contribution in [2.75, 3.05) is 13.8 Å². The zero-order valence-electron chi connectivity index (χ0n) is 15.5. The van der Waals surface area contributed by atoms with Gasteiger partial charge in [0.1, 0.15) is 12.5 Å². The van der Waals surface area contributed by atoms with Crippen LogP contribution >= 0.6 is 0 Å². The molecule has 8 heteroatoms. The van der Waals surface area contributed by atoms with E-state index in [-0.39, 0.29) is 5.90 Å². The Morgan fingerprint density at radius 3 is 2.36 bits per heavy atom. The summed E-state index contributed by atoms with van der Waals surface area (Å²) in [5.74, 6) is -0.682. The van der Waals surface area contributed by atoms with Gasteiger partial charge in [-0.1, -0.05) is 12.1 Å². The first kappa shape index (κ1) is 19.4. The number of hydrogen-bond donors (Lipinski definition) is 1. The Labute approximate surface area is 148 Å². The highest BCUT2D eigenvalue weighted by atomic mass is 16.7. The standard InChI is InChI=1S/C17H24BNO6/c1-11-7-8-12(18-24-16(2,3)17(4,5)25-18)9-13(11)23-14(19-10-20)15(21)22-6/h7-9,20H,10H2,1-6H3/b19-14-. The number of ether oxygens (including phenoxy) is 2. The second-order valence-electron chi connectivity index (χ2n) is 6.81. The van der Waals surface area contributed by atoms with Crippen LogP contribution in [0.2, 0.25) is 0 Å². The molecule has 2 rings (SSSR count). The SMILES string of the molecule is COC(=O)/C(=N/CO)Oc1cc(B2OC(C)(C)C(C)(C)O2)ccc1C. The van der Waals surface area contributed by atoms with Crippen molar-refractivity contribution in [1.82, 2.24) is 0 Å². The first-order valence-corrected chi connectivity index (χ1v) is 7.99. The molecule has 0 amide bonds. The maximum atomic E-state index is 11.7. The Morgan fingerprint density at radius 2 is 1.84 bits per heavy atom. The summed E-state index contributed by atoms with van der Waals surface area (Å²) >= 11 is 0. The van der Waals surface area contributed by atoms with Gasteiger partial charge in [-0.2, -0.15) is 0 Å². The lowest BCUT2D eigenvalue weighted by Gasteiger charge is -2.32. The Hall–Kier alpha value is -1.90. The number of carbonyl (C=O) groups is 1. The second kappa shape index (κ2) is 7.15. The zero-order chi connectivity index (χ0) is 18.8. The van der Waals surface area contributed by atoms with Crippen LogP contribution in [-0.2, 0) is 18.8 Å². The molecule has 1 aliphatic rings. The van der Waals surface area contributed by atoms with E-state index in [1.54, 1.807) is 6.07 Å². The summed E-state index contributed by atoms with van der Waals surface area (Å²) in [6.45, 7) is 9.14. The van der Waals surface area contributed by atoms with E-state index in [0.29, 0.717) is 5.75 Å². The lowest BCUT2D eigenvalue weighted by Crippen LogP contribution is -2.41. The van der Waals surface area contributed by atoms with E-state index in [1.165, 1.54) is 7.11 Å². The number of nitrogens with zero attached hydrogens (tertiary/aromatic N) is 1. The van der Waals surface area contributed by atoms with Crippen LogP contribution in [0.25, 0.3) is 0 Å². The minimum Gasteiger partial charge on any atom is -0.462 e. The summed E-state index contributed by atoms with van der Waals surface area (Å²) in [5, 5.41) is 8.96. The van der Waals surface area contributed by atoms with Crippen molar-refractivity contribution in [2.45, 2.75) is 45.8 Å². The van der Waals surface area contributed by atoms with Gasteiger partial charge in [0.15, 0.2) is 0 Å². The third kappa shape index (κ3) is 4.03. The molecule has 136 valence electrons. The van der Waals surface area contributed by atoms with Gasteiger partial charge < -0.3 is 23.9 Å². The summed E-state index contributed by atoms with van der Waals surface area (Å²) in [4.78, 5) is 15.3. The Kier molecular flexibility index (Phi) is 5.56. The average Bonchev–Trinajstić information content (AvgIpc) is 2.76. The fourth-order valence-electron chi connectivity index (χ4n) is 2.25. The first-order valence-electron chi connectivity index (χ1n) is 7.99. The van der Waals surface area contributed by atoms with Crippen LogP contribution in [0.5, 0.6) is 5.75 Å². The van der Waals surface area contributed by atoms with Gasteiger partial charge in [-0.25, -0.2) is 9.79 Å². The van der Waals surface area contributed by atoms with Crippen LogP contribution < -0.4 is 10.2 Å². The molecule has 0 radical (unpaired) electrons. The Morgan fingerprint density at radius 1 is 1.24 bits per heavy atom. The maximum absolute atomic E-state index is 11.7. The van der Waals surface area contributed by atoms with Crippen LogP contribution in [0.15, 0.2) is 23.2 Å². The molecule has 7 nitrogen and oxygen atoms in total. The average molecular weight is 349 g/mol. The maximum Gasteiger partial charge on any atom is 0.494 e. The molecule has 25 heavy (non-hydrogen) atoms. The summed E-state index contributed by atoms with van der Waals surface area (Å²) in [5.41, 5.74) is 0.625. The van der Waals surface area contributed by atoms with Gasteiger partial charge >= 0.3 is 19.0 Å². The molecule has 0 unspecified atom stereocenters. The highest BCUT2D eigenvalue weighted by molar-refractivity contribution is 6.62. The molecule has 0 aromatic heterocycles.